The van der Waals surface area contributed by atoms with Gasteiger partial charge in [0.15, 0.2) is 11.2 Å². The highest BCUT2D eigenvalue weighted by molar-refractivity contribution is 5.96. The second-order valence-corrected chi connectivity index (χ2v) is 5.72. The van der Waals surface area contributed by atoms with Gasteiger partial charge < -0.3 is 15.1 Å². The molecule has 0 radical (unpaired) electrons. The molecule has 0 fully saturated rings. The van der Waals surface area contributed by atoms with Crippen LogP contribution in [0.15, 0.2) is 45.9 Å². The van der Waals surface area contributed by atoms with E-state index in [4.69, 9.17) is 10.2 Å². The molecule has 3 N–H and O–H groups in total. The van der Waals surface area contributed by atoms with Crippen LogP contribution in [0, 0.1) is 6.92 Å². The van der Waals surface area contributed by atoms with E-state index in [1.165, 1.54) is 5.56 Å². The second kappa shape index (κ2) is 5.09. The fraction of sp³-hybridized carbons (Fsp3) is 0.118. The summed E-state index contributed by atoms with van der Waals surface area (Å²) in [5, 5.41) is 1.06. The average molecular weight is 322 g/mol. The van der Waals surface area contributed by atoms with Crippen molar-refractivity contribution in [1.82, 2.24) is 14.5 Å². The Labute approximate surface area is 135 Å². The van der Waals surface area contributed by atoms with Gasteiger partial charge in [-0.25, -0.2) is 14.3 Å². The first-order valence-electron chi connectivity index (χ1n) is 7.39. The summed E-state index contributed by atoms with van der Waals surface area (Å²) in [6.45, 7) is 1.77. The van der Waals surface area contributed by atoms with E-state index in [0.29, 0.717) is 11.2 Å². The van der Waals surface area contributed by atoms with E-state index < -0.39 is 11.7 Å². The van der Waals surface area contributed by atoms with Crippen LogP contribution in [0.2, 0.25) is 0 Å². The number of pyridine rings is 1. The topological polar surface area (TPSA) is 107 Å². The van der Waals surface area contributed by atoms with Gasteiger partial charge in [-0.2, -0.15) is 0 Å². The molecule has 1 amide bonds. The lowest BCUT2D eigenvalue weighted by Gasteiger charge is -2.01. The number of primary amides is 1. The van der Waals surface area contributed by atoms with Crippen LogP contribution < -0.4 is 11.5 Å². The summed E-state index contributed by atoms with van der Waals surface area (Å²) in [4.78, 5) is 30.5. The van der Waals surface area contributed by atoms with Gasteiger partial charge in [-0.05, 0) is 24.6 Å². The fourth-order valence-electron chi connectivity index (χ4n) is 2.87. The van der Waals surface area contributed by atoms with Gasteiger partial charge in [-0.15, -0.1) is 0 Å². The van der Waals surface area contributed by atoms with Crippen molar-refractivity contribution in [3.63, 3.8) is 0 Å². The van der Waals surface area contributed by atoms with Crippen LogP contribution in [0.3, 0.4) is 0 Å². The molecule has 4 rings (SSSR count). The van der Waals surface area contributed by atoms with Crippen LogP contribution in [0.5, 0.6) is 0 Å². The molecule has 0 bridgehead atoms. The Hall–Kier alpha value is -3.35. The molecule has 24 heavy (non-hydrogen) atoms. The third kappa shape index (κ3) is 2.18. The molecular formula is C17H14N4O3. The van der Waals surface area contributed by atoms with Gasteiger partial charge in [0.05, 0.1) is 0 Å². The summed E-state index contributed by atoms with van der Waals surface area (Å²) in [5.74, 6) is -1.28. The normalized spacial score (nSPS) is 11.4. The van der Waals surface area contributed by atoms with Crippen molar-refractivity contribution in [2.75, 3.05) is 0 Å². The molecule has 0 atom stereocenters. The SMILES string of the molecule is Cc1ccc2c(-c3cnc4c(c3)oc(=O)n4CC(N)=O)c[nH]c2c1. The lowest BCUT2D eigenvalue weighted by Crippen LogP contribution is -2.25. The number of amides is 1. The van der Waals surface area contributed by atoms with E-state index in [1.54, 1.807) is 12.3 Å². The molecule has 4 aromatic rings. The highest BCUT2D eigenvalue weighted by Gasteiger charge is 2.15. The second-order valence-electron chi connectivity index (χ2n) is 5.72. The van der Waals surface area contributed by atoms with Crippen molar-refractivity contribution in [3.8, 4) is 11.1 Å². The van der Waals surface area contributed by atoms with Crippen molar-refractivity contribution in [2.45, 2.75) is 13.5 Å². The molecule has 1 aromatic carbocycles. The van der Waals surface area contributed by atoms with Gasteiger partial charge >= 0.3 is 5.76 Å². The van der Waals surface area contributed by atoms with Gasteiger partial charge in [0.25, 0.3) is 0 Å². The molecule has 3 heterocycles. The number of H-pyrrole nitrogens is 1. The Kier molecular flexibility index (Phi) is 3.02. The number of hydrogen-bond donors (Lipinski definition) is 2. The number of hydrogen-bond acceptors (Lipinski definition) is 4. The number of nitrogens with two attached hydrogens (primary N) is 1. The van der Waals surface area contributed by atoms with E-state index in [0.717, 1.165) is 26.6 Å². The van der Waals surface area contributed by atoms with E-state index in [-0.39, 0.29) is 6.54 Å². The summed E-state index contributed by atoms with van der Waals surface area (Å²) in [7, 11) is 0. The monoisotopic (exact) mass is 322 g/mol. The summed E-state index contributed by atoms with van der Waals surface area (Å²) in [6.07, 6.45) is 3.54. The van der Waals surface area contributed by atoms with E-state index >= 15 is 0 Å². The zero-order valence-corrected chi connectivity index (χ0v) is 12.9. The van der Waals surface area contributed by atoms with Crippen molar-refractivity contribution in [1.29, 1.82) is 0 Å². The number of nitrogens with zero attached hydrogens (tertiary/aromatic N) is 2. The van der Waals surface area contributed by atoms with Gasteiger partial charge in [0, 0.05) is 34.4 Å². The first-order chi connectivity index (χ1) is 11.5. The summed E-state index contributed by atoms with van der Waals surface area (Å²) >= 11 is 0. The maximum Gasteiger partial charge on any atom is 0.421 e. The van der Waals surface area contributed by atoms with Crippen LogP contribution in [0.1, 0.15) is 5.56 Å². The minimum atomic E-state index is -0.650. The predicted molar refractivity (Wildman–Crippen MR) is 89.5 cm³/mol. The van der Waals surface area contributed by atoms with Crippen molar-refractivity contribution >= 4 is 28.0 Å². The molecule has 0 unspecified atom stereocenters. The quantitative estimate of drug-likeness (QED) is 0.601. The predicted octanol–water partition coefficient (Wildman–Crippen LogP) is 1.93. The lowest BCUT2D eigenvalue weighted by atomic mass is 10.1. The molecule has 0 spiro atoms. The highest BCUT2D eigenvalue weighted by Crippen LogP contribution is 2.30. The number of aryl methyl sites for hydroxylation is 1. The van der Waals surface area contributed by atoms with Gasteiger partial charge in [-0.3, -0.25) is 4.79 Å². The van der Waals surface area contributed by atoms with E-state index in [2.05, 4.69) is 16.0 Å². The molecule has 0 saturated heterocycles. The van der Waals surface area contributed by atoms with E-state index in [1.807, 2.05) is 25.3 Å². The van der Waals surface area contributed by atoms with Crippen molar-refractivity contribution in [2.24, 2.45) is 5.73 Å². The number of oxazole rings is 1. The van der Waals surface area contributed by atoms with Gasteiger partial charge in [0.2, 0.25) is 5.91 Å². The molecule has 0 aliphatic heterocycles. The third-order valence-electron chi connectivity index (χ3n) is 3.97. The number of aromatic nitrogens is 3. The zero-order chi connectivity index (χ0) is 16.8. The smallest absolute Gasteiger partial charge is 0.406 e. The number of carbonyl (C=O) groups excluding carboxylic acids is 1. The number of benzene rings is 1. The standard InChI is InChI=1S/C17H14N4O3/c1-9-2-3-11-12(7-19-13(11)4-9)10-5-14-16(20-6-10)21(8-15(18)22)17(23)24-14/h2-7,19H,8H2,1H3,(H2,18,22). The lowest BCUT2D eigenvalue weighted by molar-refractivity contribution is -0.118. The molecule has 0 saturated carbocycles. The fourth-order valence-corrected chi connectivity index (χ4v) is 2.87. The summed E-state index contributed by atoms with van der Waals surface area (Å²) in [5.41, 5.74) is 9.75. The van der Waals surface area contributed by atoms with Crippen molar-refractivity contribution < 1.29 is 9.21 Å². The average Bonchev–Trinajstić information content (AvgIpc) is 3.07. The Bertz CT molecular complexity index is 1150. The summed E-state index contributed by atoms with van der Waals surface area (Å²) < 4.78 is 6.32. The van der Waals surface area contributed by atoms with Crippen molar-refractivity contribution in [3.05, 3.63) is 52.8 Å². The molecule has 0 aliphatic rings. The summed E-state index contributed by atoms with van der Waals surface area (Å²) in [6, 6.07) is 7.88. The number of carbonyl (C=O) groups is 1. The molecule has 7 nitrogen and oxygen atoms in total. The van der Waals surface area contributed by atoms with Gasteiger partial charge in [-0.1, -0.05) is 12.1 Å². The largest absolute Gasteiger partial charge is 0.421 e. The molecule has 7 heteroatoms. The van der Waals surface area contributed by atoms with Crippen LogP contribution in [0.25, 0.3) is 33.3 Å². The zero-order valence-electron chi connectivity index (χ0n) is 12.9. The Morgan fingerprint density at radius 3 is 3.00 bits per heavy atom. The third-order valence-corrected chi connectivity index (χ3v) is 3.97. The van der Waals surface area contributed by atoms with Crippen LogP contribution in [0.4, 0.5) is 0 Å². The van der Waals surface area contributed by atoms with Crippen LogP contribution in [-0.2, 0) is 11.3 Å². The Morgan fingerprint density at radius 1 is 1.38 bits per heavy atom. The highest BCUT2D eigenvalue weighted by atomic mass is 16.4. The minimum Gasteiger partial charge on any atom is -0.406 e. The number of fused-ring (bicyclic) bond motifs is 2. The van der Waals surface area contributed by atoms with Crippen LogP contribution in [-0.4, -0.2) is 20.4 Å². The molecule has 3 aromatic heterocycles. The Balaban J connectivity index is 1.88. The van der Waals surface area contributed by atoms with E-state index in [9.17, 15) is 9.59 Å². The Morgan fingerprint density at radius 2 is 2.21 bits per heavy atom. The number of nitrogens with one attached hydrogen (secondary N) is 1. The first-order valence-corrected chi connectivity index (χ1v) is 7.39. The number of rotatable bonds is 3. The maximum atomic E-state index is 11.9. The minimum absolute atomic E-state index is 0.259. The van der Waals surface area contributed by atoms with Crippen LogP contribution >= 0.6 is 0 Å². The maximum absolute atomic E-state index is 11.9. The van der Waals surface area contributed by atoms with Gasteiger partial charge in [0.1, 0.15) is 6.54 Å². The molecule has 0 aliphatic carbocycles. The number of aromatic amines is 1. The molecule has 120 valence electrons. The first kappa shape index (κ1) is 14.3. The molecular weight excluding hydrogens is 308 g/mol.